The van der Waals surface area contributed by atoms with E-state index in [9.17, 15) is 4.79 Å². The van der Waals surface area contributed by atoms with Gasteiger partial charge >= 0.3 is 6.03 Å². The minimum absolute atomic E-state index is 0.00768. The standard InChI is InChI=1S/C21H28ClN5O/c1-3-27(18-6-5-13-26(15-18)20-7-4-11-24-25-20)21(28)23-12-10-17-9-8-16(2)19(22)14-17/h4,7-9,11,14,18H,3,5-6,10,12-13,15H2,1-2H3,(H,23,28)/t18-/m0/s1. The smallest absolute Gasteiger partial charge is 0.317 e. The van der Waals surface area contributed by atoms with E-state index in [0.717, 1.165) is 54.3 Å². The molecule has 28 heavy (non-hydrogen) atoms. The Morgan fingerprint density at radius 1 is 1.39 bits per heavy atom. The van der Waals surface area contributed by atoms with Crippen LogP contribution in [0, 0.1) is 6.92 Å². The molecule has 0 radical (unpaired) electrons. The van der Waals surface area contributed by atoms with Crippen LogP contribution in [0.3, 0.4) is 0 Å². The first kappa shape index (κ1) is 20.4. The summed E-state index contributed by atoms with van der Waals surface area (Å²) in [6.45, 7) is 7.02. The number of aryl methyl sites for hydroxylation is 1. The molecule has 0 aliphatic carbocycles. The zero-order valence-electron chi connectivity index (χ0n) is 16.6. The molecule has 1 saturated heterocycles. The van der Waals surface area contributed by atoms with Crippen molar-refractivity contribution in [3.05, 3.63) is 52.7 Å². The Labute approximate surface area is 171 Å². The second kappa shape index (κ2) is 9.73. The van der Waals surface area contributed by atoms with Crippen LogP contribution in [0.4, 0.5) is 10.6 Å². The van der Waals surface area contributed by atoms with Gasteiger partial charge in [-0.2, -0.15) is 5.10 Å². The Bertz CT molecular complexity index is 786. The number of nitrogens with one attached hydrogen (secondary N) is 1. The molecule has 6 nitrogen and oxygen atoms in total. The Morgan fingerprint density at radius 3 is 2.96 bits per heavy atom. The average Bonchev–Trinajstić information content (AvgIpc) is 2.72. The normalized spacial score (nSPS) is 16.7. The summed E-state index contributed by atoms with van der Waals surface area (Å²) in [5, 5.41) is 12.0. The SMILES string of the molecule is CCN(C(=O)NCCc1ccc(C)c(Cl)c1)[C@H]1CCCN(c2cccnn2)C1. The predicted molar refractivity (Wildman–Crippen MR) is 113 cm³/mol. The number of halogens is 1. The van der Waals surface area contributed by atoms with Crippen LogP contribution in [-0.4, -0.2) is 53.3 Å². The number of hydrogen-bond donors (Lipinski definition) is 1. The van der Waals surface area contributed by atoms with Gasteiger partial charge < -0.3 is 15.1 Å². The summed E-state index contributed by atoms with van der Waals surface area (Å²) in [6.07, 6.45) is 4.48. The molecular formula is C21H28ClN5O. The monoisotopic (exact) mass is 401 g/mol. The highest BCUT2D eigenvalue weighted by molar-refractivity contribution is 6.31. The van der Waals surface area contributed by atoms with Crippen LogP contribution < -0.4 is 10.2 Å². The number of hydrogen-bond acceptors (Lipinski definition) is 4. The van der Waals surface area contributed by atoms with Crippen molar-refractivity contribution in [2.75, 3.05) is 31.1 Å². The van der Waals surface area contributed by atoms with Crippen molar-refractivity contribution in [2.24, 2.45) is 0 Å². The molecular weight excluding hydrogens is 374 g/mol. The molecule has 2 aromatic rings. The van der Waals surface area contributed by atoms with Gasteiger partial charge in [-0.15, -0.1) is 5.10 Å². The molecule has 2 heterocycles. The fraction of sp³-hybridized carbons (Fsp3) is 0.476. The van der Waals surface area contributed by atoms with Crippen molar-refractivity contribution in [1.29, 1.82) is 0 Å². The van der Waals surface area contributed by atoms with Gasteiger partial charge in [0, 0.05) is 37.4 Å². The van der Waals surface area contributed by atoms with Crippen molar-refractivity contribution < 1.29 is 4.79 Å². The Morgan fingerprint density at radius 2 is 2.25 bits per heavy atom. The second-order valence-corrected chi connectivity index (χ2v) is 7.58. The molecule has 1 aliphatic rings. The lowest BCUT2D eigenvalue weighted by molar-refractivity contribution is 0.169. The van der Waals surface area contributed by atoms with E-state index in [-0.39, 0.29) is 12.1 Å². The first-order chi connectivity index (χ1) is 13.6. The van der Waals surface area contributed by atoms with Crippen molar-refractivity contribution >= 4 is 23.4 Å². The van der Waals surface area contributed by atoms with E-state index in [2.05, 4.69) is 26.5 Å². The van der Waals surface area contributed by atoms with Gasteiger partial charge in [-0.1, -0.05) is 23.7 Å². The minimum atomic E-state index is -0.00768. The average molecular weight is 402 g/mol. The minimum Gasteiger partial charge on any atom is -0.353 e. The lowest BCUT2D eigenvalue weighted by atomic mass is 10.0. The predicted octanol–water partition coefficient (Wildman–Crippen LogP) is 3.68. The van der Waals surface area contributed by atoms with Crippen LogP contribution in [0.25, 0.3) is 0 Å². The van der Waals surface area contributed by atoms with Crippen LogP contribution in [0.5, 0.6) is 0 Å². The fourth-order valence-electron chi connectivity index (χ4n) is 3.65. The van der Waals surface area contributed by atoms with Crippen LogP contribution in [0.1, 0.15) is 30.9 Å². The topological polar surface area (TPSA) is 61.4 Å². The van der Waals surface area contributed by atoms with Gasteiger partial charge in [0.2, 0.25) is 0 Å². The Kier molecular flexibility index (Phi) is 7.09. The third-order valence-corrected chi connectivity index (χ3v) is 5.65. The second-order valence-electron chi connectivity index (χ2n) is 7.18. The number of urea groups is 1. The third-order valence-electron chi connectivity index (χ3n) is 5.25. The molecule has 0 spiro atoms. The maximum absolute atomic E-state index is 12.8. The van der Waals surface area contributed by atoms with Gasteiger partial charge in [0.1, 0.15) is 0 Å². The van der Waals surface area contributed by atoms with E-state index in [1.165, 1.54) is 0 Å². The van der Waals surface area contributed by atoms with Gasteiger partial charge in [-0.05, 0) is 62.4 Å². The highest BCUT2D eigenvalue weighted by Gasteiger charge is 2.28. The molecule has 3 rings (SSSR count). The fourth-order valence-corrected chi connectivity index (χ4v) is 3.86. The molecule has 1 atom stereocenters. The van der Waals surface area contributed by atoms with Gasteiger partial charge in [0.25, 0.3) is 0 Å². The van der Waals surface area contributed by atoms with Crippen LogP contribution >= 0.6 is 11.6 Å². The van der Waals surface area contributed by atoms with Gasteiger partial charge in [-0.3, -0.25) is 0 Å². The summed E-state index contributed by atoms with van der Waals surface area (Å²) in [5.41, 5.74) is 2.20. The number of benzene rings is 1. The quantitative estimate of drug-likeness (QED) is 0.802. The number of nitrogens with zero attached hydrogens (tertiary/aromatic N) is 4. The van der Waals surface area contributed by atoms with E-state index in [0.29, 0.717) is 13.1 Å². The number of carbonyl (C=O) groups is 1. The van der Waals surface area contributed by atoms with E-state index in [1.54, 1.807) is 6.20 Å². The molecule has 7 heteroatoms. The highest BCUT2D eigenvalue weighted by atomic mass is 35.5. The number of amides is 2. The summed E-state index contributed by atoms with van der Waals surface area (Å²) in [5.74, 6) is 0.875. The Balaban J connectivity index is 1.54. The molecule has 0 unspecified atom stereocenters. The summed E-state index contributed by atoms with van der Waals surface area (Å²) >= 11 is 6.18. The van der Waals surface area contributed by atoms with Crippen LogP contribution in [0.2, 0.25) is 5.02 Å². The number of likely N-dealkylation sites (N-methyl/N-ethyl adjacent to an activating group) is 1. The van der Waals surface area contributed by atoms with Crippen molar-refractivity contribution in [2.45, 2.75) is 39.2 Å². The largest absolute Gasteiger partial charge is 0.353 e. The summed E-state index contributed by atoms with van der Waals surface area (Å²) < 4.78 is 0. The molecule has 0 bridgehead atoms. The van der Waals surface area contributed by atoms with Gasteiger partial charge in [-0.25, -0.2) is 4.79 Å². The number of anilines is 1. The molecule has 1 fully saturated rings. The van der Waals surface area contributed by atoms with Crippen LogP contribution in [0.15, 0.2) is 36.5 Å². The number of piperidine rings is 1. The lowest BCUT2D eigenvalue weighted by Gasteiger charge is -2.39. The zero-order chi connectivity index (χ0) is 19.9. The molecule has 1 aromatic carbocycles. The van der Waals surface area contributed by atoms with Gasteiger partial charge in [0.05, 0.1) is 6.04 Å². The number of rotatable bonds is 6. The lowest BCUT2D eigenvalue weighted by Crippen LogP contribution is -2.53. The zero-order valence-corrected chi connectivity index (χ0v) is 17.3. The van der Waals surface area contributed by atoms with E-state index < -0.39 is 0 Å². The van der Waals surface area contributed by atoms with E-state index in [4.69, 9.17) is 11.6 Å². The highest BCUT2D eigenvalue weighted by Crippen LogP contribution is 2.20. The maximum Gasteiger partial charge on any atom is 0.317 e. The molecule has 1 N–H and O–H groups in total. The maximum atomic E-state index is 12.8. The van der Waals surface area contributed by atoms with Crippen molar-refractivity contribution in [1.82, 2.24) is 20.4 Å². The first-order valence-corrected chi connectivity index (χ1v) is 10.3. The van der Waals surface area contributed by atoms with E-state index >= 15 is 0 Å². The molecule has 0 saturated carbocycles. The third kappa shape index (κ3) is 5.13. The van der Waals surface area contributed by atoms with Crippen LogP contribution in [-0.2, 0) is 6.42 Å². The molecule has 1 aliphatic heterocycles. The number of carbonyl (C=O) groups excluding carboxylic acids is 1. The van der Waals surface area contributed by atoms with Crippen molar-refractivity contribution in [3.8, 4) is 0 Å². The molecule has 2 amide bonds. The molecule has 1 aromatic heterocycles. The number of aromatic nitrogens is 2. The van der Waals surface area contributed by atoms with E-state index in [1.807, 2.05) is 43.0 Å². The summed E-state index contributed by atoms with van der Waals surface area (Å²) in [4.78, 5) is 16.9. The summed E-state index contributed by atoms with van der Waals surface area (Å²) in [7, 11) is 0. The summed E-state index contributed by atoms with van der Waals surface area (Å²) in [6, 6.07) is 10.1. The Hall–Kier alpha value is -2.34. The van der Waals surface area contributed by atoms with Gasteiger partial charge in [0.15, 0.2) is 5.82 Å². The first-order valence-electron chi connectivity index (χ1n) is 9.90. The van der Waals surface area contributed by atoms with Crippen molar-refractivity contribution in [3.63, 3.8) is 0 Å². The molecule has 150 valence electrons.